The molecule has 0 aliphatic heterocycles. The van der Waals surface area contributed by atoms with Gasteiger partial charge in [-0.25, -0.2) is 0 Å². The largest absolute Gasteiger partial charge is 0.496 e. The van der Waals surface area contributed by atoms with Gasteiger partial charge in [0.25, 0.3) is 0 Å². The molecule has 0 spiro atoms. The van der Waals surface area contributed by atoms with E-state index in [0.717, 1.165) is 5.76 Å². The number of rotatable bonds is 5. The Morgan fingerprint density at radius 1 is 1.23 bits per heavy atom. The van der Waals surface area contributed by atoms with Crippen LogP contribution in [0.3, 0.4) is 0 Å². The van der Waals surface area contributed by atoms with E-state index in [1.54, 1.807) is 0 Å². The lowest BCUT2D eigenvalue weighted by Gasteiger charge is -2.16. The zero-order chi connectivity index (χ0) is 10.9. The molecule has 1 unspecified atom stereocenters. The first-order valence-electron chi connectivity index (χ1n) is 4.96. The van der Waals surface area contributed by atoms with Gasteiger partial charge in [-0.1, -0.05) is 20.4 Å². The average molecular weight is 188 g/mol. The molecule has 0 radical (unpaired) electrons. The highest BCUT2D eigenvalue weighted by Crippen LogP contribution is 2.00. The van der Waals surface area contributed by atoms with Gasteiger partial charge in [-0.15, -0.1) is 0 Å². The third kappa shape index (κ3) is 14.4. The molecule has 0 aromatic rings. The number of hydrogen-bond donors (Lipinski definition) is 0. The SMILES string of the molecule is C=C(C)OCC(C)OC(C)C.CC. The fourth-order valence-electron chi connectivity index (χ4n) is 0.764. The van der Waals surface area contributed by atoms with Crippen molar-refractivity contribution in [2.75, 3.05) is 6.61 Å². The van der Waals surface area contributed by atoms with Crippen molar-refractivity contribution in [1.29, 1.82) is 0 Å². The average Bonchev–Trinajstić information content (AvgIpc) is 2.03. The van der Waals surface area contributed by atoms with Crippen molar-refractivity contribution >= 4 is 0 Å². The lowest BCUT2D eigenvalue weighted by atomic mass is 10.4. The molecule has 0 saturated carbocycles. The van der Waals surface area contributed by atoms with E-state index >= 15 is 0 Å². The molecule has 0 fully saturated rings. The Kier molecular flexibility index (Phi) is 11.1. The zero-order valence-electron chi connectivity index (χ0n) is 9.89. The molecule has 0 saturated heterocycles. The summed E-state index contributed by atoms with van der Waals surface area (Å²) >= 11 is 0. The van der Waals surface area contributed by atoms with Gasteiger partial charge in [0.05, 0.1) is 18.0 Å². The summed E-state index contributed by atoms with van der Waals surface area (Å²) in [6, 6.07) is 0. The van der Waals surface area contributed by atoms with E-state index in [0.29, 0.717) is 6.61 Å². The molecule has 0 rings (SSSR count). The molecule has 0 N–H and O–H groups in total. The Morgan fingerprint density at radius 2 is 1.69 bits per heavy atom. The van der Waals surface area contributed by atoms with E-state index in [4.69, 9.17) is 9.47 Å². The van der Waals surface area contributed by atoms with Gasteiger partial charge in [-0.2, -0.15) is 0 Å². The van der Waals surface area contributed by atoms with Crippen LogP contribution in [0.4, 0.5) is 0 Å². The summed E-state index contributed by atoms with van der Waals surface area (Å²) in [6.07, 6.45) is 0.408. The molecular weight excluding hydrogens is 164 g/mol. The molecule has 0 aromatic heterocycles. The Labute approximate surface area is 82.9 Å². The van der Waals surface area contributed by atoms with Gasteiger partial charge in [0.1, 0.15) is 6.61 Å². The first kappa shape index (κ1) is 15.0. The minimum Gasteiger partial charge on any atom is -0.496 e. The smallest absolute Gasteiger partial charge is 0.114 e. The van der Waals surface area contributed by atoms with E-state index in [1.165, 1.54) is 0 Å². The van der Waals surface area contributed by atoms with Crippen molar-refractivity contribution in [3.8, 4) is 0 Å². The van der Waals surface area contributed by atoms with E-state index < -0.39 is 0 Å². The third-order valence-corrected chi connectivity index (χ3v) is 1.07. The summed E-state index contributed by atoms with van der Waals surface area (Å²) in [7, 11) is 0. The first-order valence-corrected chi connectivity index (χ1v) is 4.96. The van der Waals surface area contributed by atoms with E-state index in [9.17, 15) is 0 Å². The molecule has 2 nitrogen and oxygen atoms in total. The highest BCUT2D eigenvalue weighted by atomic mass is 16.5. The van der Waals surface area contributed by atoms with E-state index in [-0.39, 0.29) is 12.2 Å². The second kappa shape index (κ2) is 9.59. The topological polar surface area (TPSA) is 18.5 Å². The quantitative estimate of drug-likeness (QED) is 0.616. The van der Waals surface area contributed by atoms with Gasteiger partial charge < -0.3 is 9.47 Å². The van der Waals surface area contributed by atoms with Crippen LogP contribution in [0, 0.1) is 0 Å². The predicted molar refractivity (Wildman–Crippen MR) is 57.8 cm³/mol. The van der Waals surface area contributed by atoms with Crippen LogP contribution in [0.15, 0.2) is 12.3 Å². The molecule has 80 valence electrons. The van der Waals surface area contributed by atoms with Gasteiger partial charge in [-0.3, -0.25) is 0 Å². The van der Waals surface area contributed by atoms with Gasteiger partial charge in [0.2, 0.25) is 0 Å². The molecule has 0 bridgehead atoms. The van der Waals surface area contributed by atoms with Crippen molar-refractivity contribution in [2.45, 2.75) is 53.8 Å². The minimum atomic E-state index is 0.145. The summed E-state index contributed by atoms with van der Waals surface area (Å²) < 4.78 is 10.6. The van der Waals surface area contributed by atoms with Crippen LogP contribution >= 0.6 is 0 Å². The lowest BCUT2D eigenvalue weighted by Crippen LogP contribution is -2.19. The summed E-state index contributed by atoms with van der Waals surface area (Å²) in [4.78, 5) is 0. The van der Waals surface area contributed by atoms with Gasteiger partial charge >= 0.3 is 0 Å². The summed E-state index contributed by atoms with van der Waals surface area (Å²) in [5, 5.41) is 0. The molecule has 0 aliphatic carbocycles. The summed E-state index contributed by atoms with van der Waals surface area (Å²) in [5.74, 6) is 0.740. The number of ether oxygens (including phenoxy) is 2. The fraction of sp³-hybridized carbons (Fsp3) is 0.818. The van der Waals surface area contributed by atoms with Crippen molar-refractivity contribution < 1.29 is 9.47 Å². The maximum absolute atomic E-state index is 5.43. The van der Waals surface area contributed by atoms with Gasteiger partial charge in [0.15, 0.2) is 0 Å². The molecule has 0 aromatic carbocycles. The van der Waals surface area contributed by atoms with Gasteiger partial charge in [0, 0.05) is 0 Å². The van der Waals surface area contributed by atoms with Crippen LogP contribution in [0.1, 0.15) is 41.5 Å². The maximum atomic E-state index is 5.43. The summed E-state index contributed by atoms with van der Waals surface area (Å²) in [5.41, 5.74) is 0. The summed E-state index contributed by atoms with van der Waals surface area (Å²) in [6.45, 7) is 16.1. The fourth-order valence-corrected chi connectivity index (χ4v) is 0.764. The third-order valence-electron chi connectivity index (χ3n) is 1.07. The lowest BCUT2D eigenvalue weighted by molar-refractivity contribution is -0.0199. The second-order valence-corrected chi connectivity index (χ2v) is 3.01. The van der Waals surface area contributed by atoms with Crippen LogP contribution < -0.4 is 0 Å². The van der Waals surface area contributed by atoms with E-state index in [2.05, 4.69) is 6.58 Å². The molecule has 0 heterocycles. The molecule has 13 heavy (non-hydrogen) atoms. The second-order valence-electron chi connectivity index (χ2n) is 3.01. The van der Waals surface area contributed by atoms with Crippen LogP contribution in [-0.4, -0.2) is 18.8 Å². The molecule has 2 heteroatoms. The molecular formula is C11H24O2. The van der Waals surface area contributed by atoms with E-state index in [1.807, 2.05) is 41.5 Å². The Morgan fingerprint density at radius 3 is 2.00 bits per heavy atom. The predicted octanol–water partition coefficient (Wildman–Crippen LogP) is 3.38. The van der Waals surface area contributed by atoms with Crippen LogP contribution in [-0.2, 0) is 9.47 Å². The number of allylic oxidation sites excluding steroid dienone is 1. The van der Waals surface area contributed by atoms with Crippen molar-refractivity contribution in [2.24, 2.45) is 0 Å². The Bertz CT molecular complexity index is 119. The number of hydrogen-bond acceptors (Lipinski definition) is 2. The first-order chi connectivity index (χ1) is 6.02. The highest BCUT2D eigenvalue weighted by molar-refractivity contribution is 4.74. The minimum absolute atomic E-state index is 0.145. The molecule has 1 atom stereocenters. The van der Waals surface area contributed by atoms with Crippen molar-refractivity contribution in [1.82, 2.24) is 0 Å². The molecule has 0 amide bonds. The zero-order valence-corrected chi connectivity index (χ0v) is 9.89. The van der Waals surface area contributed by atoms with Crippen LogP contribution in [0.5, 0.6) is 0 Å². The standard InChI is InChI=1S/C9H18O2.C2H6/c1-7(2)10-6-9(5)11-8(3)4;1-2/h8-9H,1,6H2,2-5H3;1-2H3. The Balaban J connectivity index is 0. The van der Waals surface area contributed by atoms with Crippen molar-refractivity contribution in [3.05, 3.63) is 12.3 Å². The highest BCUT2D eigenvalue weighted by Gasteiger charge is 2.04. The normalized spacial score (nSPS) is 11.6. The van der Waals surface area contributed by atoms with Crippen LogP contribution in [0.25, 0.3) is 0 Å². The maximum Gasteiger partial charge on any atom is 0.114 e. The Hall–Kier alpha value is -0.500. The molecule has 0 aliphatic rings. The van der Waals surface area contributed by atoms with Gasteiger partial charge in [-0.05, 0) is 27.7 Å². The van der Waals surface area contributed by atoms with Crippen LogP contribution in [0.2, 0.25) is 0 Å². The van der Waals surface area contributed by atoms with Crippen molar-refractivity contribution in [3.63, 3.8) is 0 Å². The monoisotopic (exact) mass is 188 g/mol.